The Bertz CT molecular complexity index is 2010. The molecule has 0 saturated heterocycles. The van der Waals surface area contributed by atoms with Crippen LogP contribution in [0.2, 0.25) is 0 Å². The lowest BCUT2D eigenvalue weighted by molar-refractivity contribution is -0.274. The number of halogens is 3. The smallest absolute Gasteiger partial charge is 0.486 e. The number of carboxylic acids is 2. The molecule has 0 amide bonds. The van der Waals surface area contributed by atoms with Crippen molar-refractivity contribution in [2.45, 2.75) is 6.36 Å². The molecule has 6 aromatic rings. The summed E-state index contributed by atoms with van der Waals surface area (Å²) in [5.74, 6) is -1.58. The van der Waals surface area contributed by atoms with Gasteiger partial charge in [-0.1, -0.05) is 0 Å². The average molecular weight is 570 g/mol. The maximum atomic E-state index is 12.2. The zero-order chi connectivity index (χ0) is 28.9. The Morgan fingerprint density at radius 1 is 0.780 bits per heavy atom. The van der Waals surface area contributed by atoms with E-state index < -0.39 is 24.1 Å². The minimum Gasteiger partial charge on any atom is -0.486 e. The summed E-state index contributed by atoms with van der Waals surface area (Å²) in [7, 11) is 0. The second kappa shape index (κ2) is 9.43. The third-order valence-electron chi connectivity index (χ3n) is 5.86. The van der Waals surface area contributed by atoms with Gasteiger partial charge in [0.1, 0.15) is 30.1 Å². The van der Waals surface area contributed by atoms with Gasteiger partial charge in [-0.25, -0.2) is 9.59 Å². The Morgan fingerprint density at radius 3 is 1.88 bits per heavy atom. The van der Waals surface area contributed by atoms with E-state index >= 15 is 0 Å². The highest BCUT2D eigenvalue weighted by Crippen LogP contribution is 2.35. The number of rotatable bonds is 3. The monoisotopic (exact) mass is 570 g/mol. The van der Waals surface area contributed by atoms with E-state index in [0.29, 0.717) is 41.0 Å². The van der Waals surface area contributed by atoms with Gasteiger partial charge >= 0.3 is 18.3 Å². The van der Waals surface area contributed by atoms with Crippen molar-refractivity contribution in [3.63, 3.8) is 0 Å². The first kappa shape index (κ1) is 25.5. The van der Waals surface area contributed by atoms with E-state index in [1.54, 1.807) is 12.1 Å². The molecule has 2 N–H and O–H groups in total. The fraction of sp³-hybridized carbons (Fsp3) is 0.130. The van der Waals surface area contributed by atoms with Crippen LogP contribution in [-0.2, 0) is 0 Å². The fourth-order valence-electron chi connectivity index (χ4n) is 4.21. The number of aromatic nitrogens is 8. The number of pyridine rings is 2. The van der Waals surface area contributed by atoms with Crippen molar-refractivity contribution in [3.8, 4) is 17.2 Å². The molecule has 2 aromatic carbocycles. The molecule has 0 bridgehead atoms. The summed E-state index contributed by atoms with van der Waals surface area (Å²) in [5.41, 5.74) is 0.873. The zero-order valence-corrected chi connectivity index (χ0v) is 20.1. The van der Waals surface area contributed by atoms with Gasteiger partial charge < -0.3 is 24.4 Å². The Balaban J connectivity index is 0.000000148. The quantitative estimate of drug-likeness (QED) is 0.316. The van der Waals surface area contributed by atoms with Crippen LogP contribution in [0.4, 0.5) is 13.2 Å². The second-order valence-corrected chi connectivity index (χ2v) is 8.38. The molecule has 0 saturated carbocycles. The predicted molar refractivity (Wildman–Crippen MR) is 128 cm³/mol. The van der Waals surface area contributed by atoms with Gasteiger partial charge in [-0.15, -0.1) is 23.4 Å². The molecule has 0 spiro atoms. The number of ether oxygens (including phenoxy) is 3. The van der Waals surface area contributed by atoms with Crippen molar-refractivity contribution in [3.05, 3.63) is 53.6 Å². The Labute approximate surface area is 223 Å². The van der Waals surface area contributed by atoms with Gasteiger partial charge in [0.2, 0.25) is 0 Å². The van der Waals surface area contributed by atoms with Crippen LogP contribution in [0.15, 0.2) is 42.5 Å². The molecule has 1 aliphatic heterocycles. The lowest BCUT2D eigenvalue weighted by atomic mass is 10.1. The van der Waals surface area contributed by atoms with Crippen LogP contribution in [-0.4, -0.2) is 81.8 Å². The van der Waals surface area contributed by atoms with E-state index in [4.69, 9.17) is 14.6 Å². The molecule has 18 heteroatoms. The second-order valence-electron chi connectivity index (χ2n) is 8.38. The standard InChI is InChI=1S/C12H8N4O4.C11H5F3N4O3/c17-12(18)7-3-6-4-9-10(20-2-1-19-9)5-8(6)16-11(7)13-14-15-16;12-11(13,14)21-6-2-1-5-3-7(10(19)20)9-15-16-17-18(9)8(5)4-6/h3-5H,1-2H2,(H,17,18);1-4H,(H,19,20). The fourth-order valence-corrected chi connectivity index (χ4v) is 4.21. The van der Waals surface area contributed by atoms with Gasteiger partial charge in [0.15, 0.2) is 22.8 Å². The highest BCUT2D eigenvalue weighted by Gasteiger charge is 2.31. The predicted octanol–water partition coefficient (Wildman–Crippen LogP) is 2.62. The van der Waals surface area contributed by atoms with E-state index in [2.05, 4.69) is 35.8 Å². The van der Waals surface area contributed by atoms with Crippen LogP contribution < -0.4 is 14.2 Å². The normalized spacial score (nSPS) is 12.9. The lowest BCUT2D eigenvalue weighted by Crippen LogP contribution is -2.17. The number of alkyl halides is 3. The van der Waals surface area contributed by atoms with Crippen LogP contribution >= 0.6 is 0 Å². The molecule has 0 unspecified atom stereocenters. The van der Waals surface area contributed by atoms with Gasteiger partial charge in [0, 0.05) is 22.9 Å². The summed E-state index contributed by atoms with van der Waals surface area (Å²) in [6.45, 7) is 0.946. The molecule has 208 valence electrons. The van der Waals surface area contributed by atoms with E-state index in [9.17, 15) is 27.9 Å². The van der Waals surface area contributed by atoms with Crippen molar-refractivity contribution < 1.29 is 47.2 Å². The van der Waals surface area contributed by atoms with Crippen LogP contribution in [0.1, 0.15) is 20.7 Å². The van der Waals surface area contributed by atoms with Gasteiger partial charge in [-0.05, 0) is 51.2 Å². The first-order chi connectivity index (χ1) is 19.6. The molecule has 41 heavy (non-hydrogen) atoms. The molecule has 5 heterocycles. The molecule has 0 fully saturated rings. The highest BCUT2D eigenvalue weighted by atomic mass is 19.4. The molecule has 0 atom stereocenters. The Kier molecular flexibility index (Phi) is 5.86. The number of nitrogens with zero attached hydrogens (tertiary/aromatic N) is 8. The summed E-state index contributed by atoms with van der Waals surface area (Å²) >= 11 is 0. The van der Waals surface area contributed by atoms with Crippen LogP contribution in [0.25, 0.3) is 33.1 Å². The number of carboxylic acid groups (broad SMARTS) is 2. The maximum Gasteiger partial charge on any atom is 0.573 e. The molecule has 15 nitrogen and oxygen atoms in total. The zero-order valence-electron chi connectivity index (χ0n) is 20.1. The SMILES string of the molecule is O=C(O)c1cc2cc3c(cc2n2nnnc12)OCCO3.O=C(O)c1cc2ccc(OC(F)(F)F)cc2n2nnnc12. The number of fused-ring (bicyclic) bond motifs is 7. The number of hydrogen-bond acceptors (Lipinski definition) is 11. The van der Waals surface area contributed by atoms with Gasteiger partial charge in [-0.3, -0.25) is 0 Å². The van der Waals surface area contributed by atoms with Crippen LogP contribution in [0.5, 0.6) is 17.2 Å². The first-order valence-corrected chi connectivity index (χ1v) is 11.4. The molecule has 0 aliphatic carbocycles. The summed E-state index contributed by atoms with van der Waals surface area (Å²) in [6, 6.07) is 9.75. The van der Waals surface area contributed by atoms with Crippen molar-refractivity contribution >= 4 is 45.0 Å². The number of aromatic carboxylic acids is 2. The van der Waals surface area contributed by atoms with E-state index in [1.165, 1.54) is 22.7 Å². The van der Waals surface area contributed by atoms with Crippen molar-refractivity contribution in [1.29, 1.82) is 0 Å². The molecular weight excluding hydrogens is 557 g/mol. The van der Waals surface area contributed by atoms with E-state index in [1.807, 2.05) is 0 Å². The van der Waals surface area contributed by atoms with Crippen LogP contribution in [0, 0.1) is 0 Å². The van der Waals surface area contributed by atoms with Crippen molar-refractivity contribution in [2.24, 2.45) is 0 Å². The number of benzene rings is 2. The topological polar surface area (TPSA) is 188 Å². The largest absolute Gasteiger partial charge is 0.573 e. The minimum absolute atomic E-state index is 0.0409. The minimum atomic E-state index is -4.82. The summed E-state index contributed by atoms with van der Waals surface area (Å²) in [5, 5.41) is 40.9. The summed E-state index contributed by atoms with van der Waals surface area (Å²) in [6.07, 6.45) is -4.82. The third kappa shape index (κ3) is 4.66. The molecular formula is C23H13F3N8O7. The average Bonchev–Trinajstić information content (AvgIpc) is 3.61. The van der Waals surface area contributed by atoms with Gasteiger partial charge in [0.25, 0.3) is 0 Å². The van der Waals surface area contributed by atoms with Gasteiger partial charge in [-0.2, -0.15) is 9.03 Å². The highest BCUT2D eigenvalue weighted by molar-refractivity contribution is 6.00. The number of carbonyl (C=O) groups is 2. The van der Waals surface area contributed by atoms with Crippen molar-refractivity contribution in [1.82, 2.24) is 40.1 Å². The van der Waals surface area contributed by atoms with E-state index in [0.717, 1.165) is 16.6 Å². The molecule has 7 rings (SSSR count). The van der Waals surface area contributed by atoms with Crippen LogP contribution in [0.3, 0.4) is 0 Å². The third-order valence-corrected chi connectivity index (χ3v) is 5.86. The first-order valence-electron chi connectivity index (χ1n) is 11.4. The maximum absolute atomic E-state index is 12.2. The van der Waals surface area contributed by atoms with Crippen molar-refractivity contribution in [2.75, 3.05) is 13.2 Å². The number of tetrazole rings is 2. The molecule has 0 radical (unpaired) electrons. The lowest BCUT2D eigenvalue weighted by Gasteiger charge is -2.19. The summed E-state index contributed by atoms with van der Waals surface area (Å²) in [4.78, 5) is 22.4. The Morgan fingerprint density at radius 2 is 1.32 bits per heavy atom. The molecule has 1 aliphatic rings. The number of hydrogen-bond donors (Lipinski definition) is 2. The Hall–Kier alpha value is -5.81. The summed E-state index contributed by atoms with van der Waals surface area (Å²) < 4.78 is 53.9. The van der Waals surface area contributed by atoms with E-state index in [-0.39, 0.29) is 27.9 Å². The molecule has 4 aromatic heterocycles. The van der Waals surface area contributed by atoms with Gasteiger partial charge in [0.05, 0.1) is 11.0 Å².